The summed E-state index contributed by atoms with van der Waals surface area (Å²) in [6.45, 7) is 2.68. The Morgan fingerprint density at radius 3 is 2.38 bits per heavy atom. The van der Waals surface area contributed by atoms with Crippen LogP contribution in [0.2, 0.25) is 0 Å². The van der Waals surface area contributed by atoms with Crippen molar-refractivity contribution in [1.29, 1.82) is 0 Å². The van der Waals surface area contributed by atoms with Crippen LogP contribution in [0.4, 0.5) is 0 Å². The molecule has 0 saturated carbocycles. The van der Waals surface area contributed by atoms with Crippen LogP contribution in [0.25, 0.3) is 0 Å². The number of nitrogens with zero attached hydrogens (tertiary/aromatic N) is 1. The largest absolute Gasteiger partial charge is 0.385 e. The molecular weight excluding hydrogens is 268 g/mol. The van der Waals surface area contributed by atoms with Gasteiger partial charge < -0.3 is 20.1 Å². The fourth-order valence-corrected chi connectivity index (χ4v) is 2.22. The molecule has 0 saturated heterocycles. The van der Waals surface area contributed by atoms with E-state index >= 15 is 0 Å². The van der Waals surface area contributed by atoms with E-state index < -0.39 is 0 Å². The first-order valence-corrected chi connectivity index (χ1v) is 7.26. The van der Waals surface area contributed by atoms with Crippen molar-refractivity contribution in [2.24, 2.45) is 5.73 Å². The number of rotatable bonds is 10. The third-order valence-corrected chi connectivity index (χ3v) is 3.39. The van der Waals surface area contributed by atoms with Gasteiger partial charge in [-0.2, -0.15) is 0 Å². The maximum Gasteiger partial charge on any atom is 0.231 e. The highest BCUT2D eigenvalue weighted by atomic mass is 16.5. The summed E-state index contributed by atoms with van der Waals surface area (Å²) in [5.41, 5.74) is 6.78. The van der Waals surface area contributed by atoms with Crippen molar-refractivity contribution in [2.75, 3.05) is 47.1 Å². The van der Waals surface area contributed by atoms with Crippen molar-refractivity contribution in [3.63, 3.8) is 0 Å². The molecule has 1 aromatic rings. The van der Waals surface area contributed by atoms with Gasteiger partial charge in [0.05, 0.1) is 12.5 Å². The summed E-state index contributed by atoms with van der Waals surface area (Å²) >= 11 is 0. The number of nitrogens with two attached hydrogens (primary N) is 1. The molecule has 1 aromatic carbocycles. The summed E-state index contributed by atoms with van der Waals surface area (Å²) in [7, 11) is 3.30. The summed E-state index contributed by atoms with van der Waals surface area (Å²) < 4.78 is 10.1. The zero-order valence-corrected chi connectivity index (χ0v) is 13.0. The molecule has 5 nitrogen and oxygen atoms in total. The van der Waals surface area contributed by atoms with Crippen LogP contribution in [0.1, 0.15) is 17.9 Å². The number of carbonyl (C=O) groups excluding carboxylic acids is 1. The molecule has 5 heteroatoms. The van der Waals surface area contributed by atoms with Gasteiger partial charge in [-0.05, 0) is 12.0 Å². The number of amides is 1. The first kappa shape index (κ1) is 17.6. The Bertz CT molecular complexity index is 398. The van der Waals surface area contributed by atoms with Crippen molar-refractivity contribution >= 4 is 5.91 Å². The van der Waals surface area contributed by atoms with E-state index in [0.717, 1.165) is 12.0 Å². The van der Waals surface area contributed by atoms with Crippen LogP contribution in [0.5, 0.6) is 0 Å². The summed E-state index contributed by atoms with van der Waals surface area (Å²) in [5.74, 6) is -0.248. The molecular formula is C16H26N2O3. The van der Waals surface area contributed by atoms with Gasteiger partial charge in [-0.25, -0.2) is 0 Å². The van der Waals surface area contributed by atoms with Crippen LogP contribution in [0, 0.1) is 0 Å². The number of carbonyl (C=O) groups is 1. The van der Waals surface area contributed by atoms with Gasteiger partial charge in [0.1, 0.15) is 0 Å². The first-order chi connectivity index (χ1) is 10.2. The number of ether oxygens (including phenoxy) is 2. The van der Waals surface area contributed by atoms with Gasteiger partial charge in [0, 0.05) is 40.5 Å². The minimum atomic E-state index is -0.300. The third kappa shape index (κ3) is 5.83. The van der Waals surface area contributed by atoms with Gasteiger partial charge in [0.2, 0.25) is 5.91 Å². The van der Waals surface area contributed by atoms with Gasteiger partial charge in [-0.1, -0.05) is 30.3 Å². The van der Waals surface area contributed by atoms with Gasteiger partial charge in [0.15, 0.2) is 0 Å². The van der Waals surface area contributed by atoms with Crippen LogP contribution >= 0.6 is 0 Å². The standard InChI is InChI=1S/C16H26N2O3/c1-20-11-6-9-18(10-12-21-2)16(19)15(13-17)14-7-4-3-5-8-14/h3-5,7-8,15H,6,9-13,17H2,1-2H3. The molecule has 0 aromatic heterocycles. The lowest BCUT2D eigenvalue weighted by molar-refractivity contribution is -0.133. The number of hydrogen-bond donors (Lipinski definition) is 1. The molecule has 118 valence electrons. The monoisotopic (exact) mass is 294 g/mol. The van der Waals surface area contributed by atoms with Crippen LogP contribution in [-0.4, -0.2) is 57.9 Å². The van der Waals surface area contributed by atoms with E-state index in [1.165, 1.54) is 0 Å². The smallest absolute Gasteiger partial charge is 0.231 e. The van der Waals surface area contributed by atoms with E-state index in [-0.39, 0.29) is 11.8 Å². The Balaban J connectivity index is 2.75. The van der Waals surface area contributed by atoms with E-state index in [2.05, 4.69) is 0 Å². The molecule has 1 unspecified atom stereocenters. The zero-order valence-electron chi connectivity index (χ0n) is 13.0. The predicted molar refractivity (Wildman–Crippen MR) is 83.2 cm³/mol. The van der Waals surface area contributed by atoms with Crippen molar-refractivity contribution in [1.82, 2.24) is 4.90 Å². The number of hydrogen-bond acceptors (Lipinski definition) is 4. The molecule has 1 rings (SSSR count). The van der Waals surface area contributed by atoms with Crippen molar-refractivity contribution in [2.45, 2.75) is 12.3 Å². The number of benzene rings is 1. The number of methoxy groups -OCH3 is 2. The Labute approximate surface area is 127 Å². The van der Waals surface area contributed by atoms with Crippen LogP contribution in [0.15, 0.2) is 30.3 Å². The van der Waals surface area contributed by atoms with Crippen LogP contribution in [-0.2, 0) is 14.3 Å². The summed E-state index contributed by atoms with van der Waals surface area (Å²) in [4.78, 5) is 14.5. The highest BCUT2D eigenvalue weighted by Crippen LogP contribution is 2.17. The van der Waals surface area contributed by atoms with Crippen molar-refractivity contribution in [3.05, 3.63) is 35.9 Å². The zero-order chi connectivity index (χ0) is 15.5. The van der Waals surface area contributed by atoms with Gasteiger partial charge in [0.25, 0.3) is 0 Å². The van der Waals surface area contributed by atoms with Gasteiger partial charge in [-0.15, -0.1) is 0 Å². The average molecular weight is 294 g/mol. The fourth-order valence-electron chi connectivity index (χ4n) is 2.22. The van der Waals surface area contributed by atoms with Crippen LogP contribution < -0.4 is 5.73 Å². The lowest BCUT2D eigenvalue weighted by atomic mass is 9.97. The first-order valence-electron chi connectivity index (χ1n) is 7.26. The molecule has 21 heavy (non-hydrogen) atoms. The Morgan fingerprint density at radius 2 is 1.81 bits per heavy atom. The van der Waals surface area contributed by atoms with Crippen molar-refractivity contribution in [3.8, 4) is 0 Å². The van der Waals surface area contributed by atoms with E-state index in [4.69, 9.17) is 15.2 Å². The summed E-state index contributed by atoms with van der Waals surface area (Å²) in [5, 5.41) is 0. The summed E-state index contributed by atoms with van der Waals surface area (Å²) in [6, 6.07) is 9.67. The van der Waals surface area contributed by atoms with Gasteiger partial charge >= 0.3 is 0 Å². The lowest BCUT2D eigenvalue weighted by Gasteiger charge is -2.27. The molecule has 0 aliphatic heterocycles. The topological polar surface area (TPSA) is 64.8 Å². The average Bonchev–Trinajstić information content (AvgIpc) is 2.52. The van der Waals surface area contributed by atoms with E-state index in [1.54, 1.807) is 14.2 Å². The minimum absolute atomic E-state index is 0.0526. The predicted octanol–water partition coefficient (Wildman–Crippen LogP) is 1.24. The Morgan fingerprint density at radius 1 is 1.14 bits per heavy atom. The third-order valence-electron chi connectivity index (χ3n) is 3.39. The highest BCUT2D eigenvalue weighted by Gasteiger charge is 2.24. The lowest BCUT2D eigenvalue weighted by Crippen LogP contribution is -2.40. The van der Waals surface area contributed by atoms with Gasteiger partial charge in [-0.3, -0.25) is 4.79 Å². The Hall–Kier alpha value is -1.43. The molecule has 0 fully saturated rings. The van der Waals surface area contributed by atoms with Crippen LogP contribution in [0.3, 0.4) is 0 Å². The SMILES string of the molecule is COCCCN(CCOC)C(=O)C(CN)c1ccccc1. The second-order valence-electron chi connectivity index (χ2n) is 4.86. The maximum absolute atomic E-state index is 12.7. The minimum Gasteiger partial charge on any atom is -0.385 e. The molecule has 1 atom stereocenters. The second-order valence-corrected chi connectivity index (χ2v) is 4.86. The molecule has 0 aliphatic rings. The molecule has 0 spiro atoms. The maximum atomic E-state index is 12.7. The van der Waals surface area contributed by atoms with E-state index in [0.29, 0.717) is 32.8 Å². The molecule has 2 N–H and O–H groups in total. The fraction of sp³-hybridized carbons (Fsp3) is 0.562. The molecule has 0 radical (unpaired) electrons. The molecule has 0 bridgehead atoms. The molecule has 1 amide bonds. The second kappa shape index (κ2) is 10.3. The van der Waals surface area contributed by atoms with E-state index in [9.17, 15) is 4.79 Å². The summed E-state index contributed by atoms with van der Waals surface area (Å²) in [6.07, 6.45) is 0.804. The van der Waals surface area contributed by atoms with Crippen molar-refractivity contribution < 1.29 is 14.3 Å². The molecule has 0 aliphatic carbocycles. The highest BCUT2D eigenvalue weighted by molar-refractivity contribution is 5.84. The Kier molecular flexibility index (Phi) is 8.66. The molecule has 0 heterocycles. The van der Waals surface area contributed by atoms with E-state index in [1.807, 2.05) is 35.2 Å². The normalized spacial score (nSPS) is 12.1. The quantitative estimate of drug-likeness (QED) is 0.659.